The molecule has 21 heavy (non-hydrogen) atoms. The summed E-state index contributed by atoms with van der Waals surface area (Å²) in [5, 5.41) is 1.96. The molecule has 0 saturated heterocycles. The van der Waals surface area contributed by atoms with Crippen molar-refractivity contribution in [3.63, 3.8) is 0 Å². The van der Waals surface area contributed by atoms with E-state index in [9.17, 15) is 30.7 Å². The van der Waals surface area contributed by atoms with E-state index in [-0.39, 0.29) is 5.69 Å². The van der Waals surface area contributed by atoms with Crippen LogP contribution in [0.25, 0.3) is 0 Å². The van der Waals surface area contributed by atoms with Gasteiger partial charge in [0.15, 0.2) is 0 Å². The first-order valence-corrected chi connectivity index (χ1v) is 5.34. The van der Waals surface area contributed by atoms with E-state index in [4.69, 9.17) is 0 Å². The molecule has 0 atom stereocenters. The monoisotopic (exact) mass is 310 g/mol. The Hall–Kier alpha value is -2.32. The Kier molecular flexibility index (Phi) is 3.75. The van der Waals surface area contributed by atoms with Crippen LogP contribution in [0.4, 0.5) is 42.1 Å². The number of anilines is 2. The molecular weight excluding hydrogens is 305 g/mol. The zero-order valence-corrected chi connectivity index (χ0v) is 9.90. The molecule has 0 unspecified atom stereocenters. The predicted molar refractivity (Wildman–Crippen MR) is 58.8 cm³/mol. The first kappa shape index (κ1) is 15.1. The van der Waals surface area contributed by atoms with E-state index in [1.54, 1.807) is 0 Å². The molecule has 9 heteroatoms. The van der Waals surface area contributed by atoms with Gasteiger partial charge in [-0.25, -0.2) is 0 Å². The number of hydrogen-bond donors (Lipinski definition) is 1. The van der Waals surface area contributed by atoms with E-state index in [0.29, 0.717) is 12.1 Å². The van der Waals surface area contributed by atoms with Crippen LogP contribution in [0.2, 0.25) is 0 Å². The number of pyridine rings is 1. The average molecular weight is 310 g/mol. The van der Waals surface area contributed by atoms with Crippen molar-refractivity contribution in [3.8, 4) is 0 Å². The van der Waals surface area contributed by atoms with Crippen molar-refractivity contribution >= 4 is 11.4 Å². The third-order valence-electron chi connectivity index (χ3n) is 2.48. The van der Waals surface area contributed by atoms with Gasteiger partial charge in [0.05, 0.1) is 5.56 Å². The van der Waals surface area contributed by atoms with Crippen molar-refractivity contribution in [1.29, 1.82) is 0 Å². The van der Waals surface area contributed by atoms with Crippen molar-refractivity contribution in [2.75, 3.05) is 5.32 Å². The molecule has 0 saturated carbocycles. The second-order valence-corrected chi connectivity index (χ2v) is 3.90. The van der Waals surface area contributed by atoms with E-state index in [1.807, 2.05) is 5.32 Å². The topological polar surface area (TPSA) is 24.9 Å². The Morgan fingerprint density at radius 2 is 1.29 bits per heavy atom. The SMILES string of the molecule is Fc1nc(F)c(F)c(Nc2ccc(C(F)(F)F)cc2)c1F. The average Bonchev–Trinajstić information content (AvgIpc) is 2.41. The highest BCUT2D eigenvalue weighted by Crippen LogP contribution is 2.31. The van der Waals surface area contributed by atoms with Gasteiger partial charge in [-0.2, -0.15) is 35.7 Å². The summed E-state index contributed by atoms with van der Waals surface area (Å²) in [6.45, 7) is 0. The van der Waals surface area contributed by atoms with Gasteiger partial charge in [0.25, 0.3) is 11.9 Å². The summed E-state index contributed by atoms with van der Waals surface area (Å²) in [5.41, 5.74) is -2.35. The number of benzene rings is 1. The fourth-order valence-electron chi connectivity index (χ4n) is 1.48. The van der Waals surface area contributed by atoms with E-state index >= 15 is 0 Å². The molecule has 0 aliphatic rings. The predicted octanol–water partition coefficient (Wildman–Crippen LogP) is 4.40. The number of hydrogen-bond acceptors (Lipinski definition) is 2. The minimum Gasteiger partial charge on any atom is -0.350 e. The van der Waals surface area contributed by atoms with Crippen molar-refractivity contribution in [1.82, 2.24) is 4.98 Å². The minimum atomic E-state index is -4.58. The summed E-state index contributed by atoms with van der Waals surface area (Å²) in [5.74, 6) is -7.31. The van der Waals surface area contributed by atoms with Crippen molar-refractivity contribution < 1.29 is 30.7 Å². The molecule has 112 valence electrons. The molecule has 2 rings (SSSR count). The van der Waals surface area contributed by atoms with Crippen LogP contribution in [0.1, 0.15) is 5.56 Å². The normalized spacial score (nSPS) is 11.6. The van der Waals surface area contributed by atoms with E-state index in [1.165, 1.54) is 0 Å². The van der Waals surface area contributed by atoms with Gasteiger partial charge >= 0.3 is 6.18 Å². The molecule has 0 amide bonds. The summed E-state index contributed by atoms with van der Waals surface area (Å²) >= 11 is 0. The molecule has 1 heterocycles. The number of nitrogens with one attached hydrogen (secondary N) is 1. The molecule has 0 fully saturated rings. The summed E-state index contributed by atoms with van der Waals surface area (Å²) in [6.07, 6.45) is -4.58. The van der Waals surface area contributed by atoms with Gasteiger partial charge in [-0.3, -0.25) is 0 Å². The third kappa shape index (κ3) is 3.06. The van der Waals surface area contributed by atoms with Gasteiger partial charge < -0.3 is 5.32 Å². The van der Waals surface area contributed by atoms with Gasteiger partial charge in [0, 0.05) is 5.69 Å². The first-order chi connectivity index (χ1) is 9.70. The van der Waals surface area contributed by atoms with Crippen LogP contribution in [0.15, 0.2) is 24.3 Å². The molecule has 1 aromatic carbocycles. The molecule has 1 aromatic heterocycles. The lowest BCUT2D eigenvalue weighted by Gasteiger charge is -2.11. The highest BCUT2D eigenvalue weighted by atomic mass is 19.4. The summed E-state index contributed by atoms with van der Waals surface area (Å²) in [6, 6.07) is 3.01. The molecule has 0 radical (unpaired) electrons. The Morgan fingerprint density at radius 1 is 0.810 bits per heavy atom. The number of alkyl halides is 3. The van der Waals surface area contributed by atoms with Crippen LogP contribution in [0, 0.1) is 23.5 Å². The van der Waals surface area contributed by atoms with Crippen LogP contribution in [-0.4, -0.2) is 4.98 Å². The molecule has 2 aromatic rings. The maximum Gasteiger partial charge on any atom is 0.416 e. The molecule has 2 nitrogen and oxygen atoms in total. The lowest BCUT2D eigenvalue weighted by atomic mass is 10.2. The number of aromatic nitrogens is 1. The fourth-order valence-corrected chi connectivity index (χ4v) is 1.48. The first-order valence-electron chi connectivity index (χ1n) is 5.34. The largest absolute Gasteiger partial charge is 0.416 e. The molecule has 0 spiro atoms. The van der Waals surface area contributed by atoms with Gasteiger partial charge in [0.2, 0.25) is 11.6 Å². The highest BCUT2D eigenvalue weighted by molar-refractivity contribution is 5.60. The van der Waals surface area contributed by atoms with E-state index in [2.05, 4.69) is 4.98 Å². The number of nitrogens with zero attached hydrogens (tertiary/aromatic N) is 1. The van der Waals surface area contributed by atoms with Crippen molar-refractivity contribution in [2.45, 2.75) is 6.18 Å². The highest BCUT2D eigenvalue weighted by Gasteiger charge is 2.30. The Morgan fingerprint density at radius 3 is 1.71 bits per heavy atom. The van der Waals surface area contributed by atoms with Crippen LogP contribution < -0.4 is 5.32 Å². The minimum absolute atomic E-state index is 0.189. The standard InChI is InChI=1S/C12H5F7N2/c13-7-9(8(14)11(16)21-10(7)15)20-6-3-1-5(2-4-6)12(17,18)19/h1-4H,(H,20,21). The van der Waals surface area contributed by atoms with E-state index < -0.39 is 41.0 Å². The van der Waals surface area contributed by atoms with E-state index in [0.717, 1.165) is 12.1 Å². The van der Waals surface area contributed by atoms with Crippen LogP contribution in [-0.2, 0) is 6.18 Å². The van der Waals surface area contributed by atoms with Crippen LogP contribution >= 0.6 is 0 Å². The zero-order chi connectivity index (χ0) is 15.8. The molecule has 0 aliphatic heterocycles. The molecule has 0 bridgehead atoms. The van der Waals surface area contributed by atoms with Crippen molar-refractivity contribution in [3.05, 3.63) is 53.4 Å². The lowest BCUT2D eigenvalue weighted by Crippen LogP contribution is -2.07. The smallest absolute Gasteiger partial charge is 0.350 e. The molecule has 1 N–H and O–H groups in total. The second kappa shape index (κ2) is 5.23. The van der Waals surface area contributed by atoms with Gasteiger partial charge in [-0.15, -0.1) is 0 Å². The zero-order valence-electron chi connectivity index (χ0n) is 9.90. The van der Waals surface area contributed by atoms with Gasteiger partial charge in [-0.05, 0) is 24.3 Å². The summed E-state index contributed by atoms with van der Waals surface area (Å²) < 4.78 is 89.3. The molecule has 0 aliphatic carbocycles. The Balaban J connectivity index is 2.35. The quantitative estimate of drug-likeness (QED) is 0.657. The maximum absolute atomic E-state index is 13.3. The summed E-state index contributed by atoms with van der Waals surface area (Å²) in [4.78, 5) is 2.35. The van der Waals surface area contributed by atoms with Crippen LogP contribution in [0.3, 0.4) is 0 Å². The number of halogens is 7. The summed E-state index contributed by atoms with van der Waals surface area (Å²) in [7, 11) is 0. The number of rotatable bonds is 2. The van der Waals surface area contributed by atoms with Gasteiger partial charge in [-0.1, -0.05) is 0 Å². The maximum atomic E-state index is 13.3. The van der Waals surface area contributed by atoms with Gasteiger partial charge in [0.1, 0.15) is 5.69 Å². The Bertz CT molecular complexity index is 639. The molecular formula is C12H5F7N2. The third-order valence-corrected chi connectivity index (χ3v) is 2.48. The Labute approximate surface area is 113 Å². The second-order valence-electron chi connectivity index (χ2n) is 3.90. The van der Waals surface area contributed by atoms with Crippen molar-refractivity contribution in [2.24, 2.45) is 0 Å². The van der Waals surface area contributed by atoms with Crippen LogP contribution in [0.5, 0.6) is 0 Å². The lowest BCUT2D eigenvalue weighted by molar-refractivity contribution is -0.137. The fraction of sp³-hybridized carbons (Fsp3) is 0.0833.